The molecule has 0 radical (unpaired) electrons. The molecule has 4 aromatic rings. The average Bonchev–Trinajstić information content (AvgIpc) is 3.45. The van der Waals surface area contributed by atoms with Gasteiger partial charge in [0.25, 0.3) is 5.91 Å². The van der Waals surface area contributed by atoms with Crippen LogP contribution in [-0.2, 0) is 16.0 Å². The van der Waals surface area contributed by atoms with Crippen molar-refractivity contribution in [2.24, 2.45) is 0 Å². The predicted octanol–water partition coefficient (Wildman–Crippen LogP) is 6.12. The number of nitrogens with one attached hydrogen (secondary N) is 1. The zero-order valence-electron chi connectivity index (χ0n) is 22.4. The van der Waals surface area contributed by atoms with Gasteiger partial charge in [0.1, 0.15) is 0 Å². The van der Waals surface area contributed by atoms with E-state index < -0.39 is 5.79 Å². The van der Waals surface area contributed by atoms with Gasteiger partial charge in [0.05, 0.1) is 30.3 Å². The van der Waals surface area contributed by atoms with Crippen molar-refractivity contribution in [2.75, 3.05) is 26.3 Å². The second-order valence-electron chi connectivity index (χ2n) is 10.4. The highest BCUT2D eigenvalue weighted by atomic mass is 16.7. The number of amides is 1. The summed E-state index contributed by atoms with van der Waals surface area (Å²) in [5, 5.41) is 4.19. The number of fused-ring (bicyclic) bond motifs is 1. The highest BCUT2D eigenvalue weighted by molar-refractivity contribution is 6.11. The number of piperidine rings is 1. The van der Waals surface area contributed by atoms with Gasteiger partial charge in [-0.25, -0.2) is 0 Å². The van der Waals surface area contributed by atoms with Crippen LogP contribution in [0.4, 0.5) is 0 Å². The molecule has 6 nitrogen and oxygen atoms in total. The van der Waals surface area contributed by atoms with Crippen LogP contribution in [0, 0.1) is 0 Å². The largest absolute Gasteiger partial charge is 0.347 e. The number of aromatic nitrogens is 1. The predicted molar refractivity (Wildman–Crippen MR) is 153 cm³/mol. The Bertz CT molecular complexity index is 1440. The van der Waals surface area contributed by atoms with Crippen molar-refractivity contribution >= 4 is 16.8 Å². The smallest absolute Gasteiger partial charge is 0.253 e. The Kier molecular flexibility index (Phi) is 7.42. The summed E-state index contributed by atoms with van der Waals surface area (Å²) in [6.07, 6.45) is 4.41. The lowest BCUT2D eigenvalue weighted by atomic mass is 9.92. The Balaban J connectivity index is 1.34. The first kappa shape index (κ1) is 25.7. The second kappa shape index (κ2) is 11.3. The molecule has 2 aliphatic rings. The third-order valence-corrected chi connectivity index (χ3v) is 8.05. The molecule has 2 saturated heterocycles. The minimum atomic E-state index is -0.391. The van der Waals surface area contributed by atoms with Gasteiger partial charge in [-0.1, -0.05) is 79.7 Å². The maximum absolute atomic E-state index is 14.1. The summed E-state index contributed by atoms with van der Waals surface area (Å²) in [6, 6.07) is 26.4. The highest BCUT2D eigenvalue weighted by Gasteiger charge is 2.39. The van der Waals surface area contributed by atoms with Crippen LogP contribution < -0.4 is 5.32 Å². The minimum Gasteiger partial charge on any atom is -0.347 e. The quantitative estimate of drug-likeness (QED) is 0.317. The van der Waals surface area contributed by atoms with Crippen LogP contribution in [0.1, 0.15) is 53.7 Å². The number of para-hydroxylation sites is 1. The van der Waals surface area contributed by atoms with Gasteiger partial charge in [0, 0.05) is 49.6 Å². The summed E-state index contributed by atoms with van der Waals surface area (Å²) in [5.74, 6) is -0.470. The molecule has 6 heteroatoms. The van der Waals surface area contributed by atoms with Gasteiger partial charge in [-0.05, 0) is 29.2 Å². The molecule has 1 spiro atoms. The van der Waals surface area contributed by atoms with Crippen LogP contribution in [0.5, 0.6) is 0 Å². The third kappa shape index (κ3) is 5.33. The Morgan fingerprint density at radius 2 is 1.62 bits per heavy atom. The number of hydrogen-bond donors (Lipinski definition) is 1. The first-order valence-corrected chi connectivity index (χ1v) is 14.0. The fourth-order valence-electron chi connectivity index (χ4n) is 5.93. The van der Waals surface area contributed by atoms with E-state index in [9.17, 15) is 4.79 Å². The van der Waals surface area contributed by atoms with Crippen molar-refractivity contribution in [3.8, 4) is 11.1 Å². The summed E-state index contributed by atoms with van der Waals surface area (Å²) in [6.45, 7) is 6.09. The van der Waals surface area contributed by atoms with Crippen molar-refractivity contribution in [3.05, 3.63) is 102 Å². The first-order valence-electron chi connectivity index (χ1n) is 14.0. The number of pyridine rings is 1. The number of ether oxygens (including phenoxy) is 2. The van der Waals surface area contributed by atoms with Gasteiger partial charge in [-0.2, -0.15) is 0 Å². The normalized spacial score (nSPS) is 17.9. The van der Waals surface area contributed by atoms with Crippen LogP contribution >= 0.6 is 0 Å². The van der Waals surface area contributed by atoms with E-state index in [0.717, 1.165) is 66.5 Å². The van der Waals surface area contributed by atoms with E-state index in [-0.39, 0.29) is 11.9 Å². The van der Waals surface area contributed by atoms with Crippen LogP contribution in [-0.4, -0.2) is 47.9 Å². The van der Waals surface area contributed by atoms with Gasteiger partial charge >= 0.3 is 0 Å². The number of rotatable bonds is 7. The van der Waals surface area contributed by atoms with E-state index >= 15 is 0 Å². The molecule has 0 aliphatic carbocycles. The van der Waals surface area contributed by atoms with Crippen molar-refractivity contribution in [2.45, 2.75) is 44.6 Å². The van der Waals surface area contributed by atoms with Crippen LogP contribution in [0.25, 0.3) is 22.0 Å². The monoisotopic (exact) mass is 521 g/mol. The summed E-state index contributed by atoms with van der Waals surface area (Å²) >= 11 is 0. The van der Waals surface area contributed by atoms with E-state index in [1.54, 1.807) is 0 Å². The second-order valence-corrected chi connectivity index (χ2v) is 10.4. The number of hydrogen-bond acceptors (Lipinski definition) is 5. The minimum absolute atomic E-state index is 0.0746. The lowest BCUT2D eigenvalue weighted by Gasteiger charge is -2.37. The summed E-state index contributed by atoms with van der Waals surface area (Å²) in [7, 11) is 0. The SMILES string of the molecule is CC[C@H](NC(=O)c1c(-c2ccccc2CN2CCC3(CC2)OCCO3)cnc2ccccc12)c1ccccc1. The fourth-order valence-corrected chi connectivity index (χ4v) is 5.93. The molecule has 6 rings (SSSR count). The van der Waals surface area contributed by atoms with Gasteiger partial charge in [-0.3, -0.25) is 14.7 Å². The Hall–Kier alpha value is -3.58. The van der Waals surface area contributed by atoms with Gasteiger partial charge in [0.15, 0.2) is 5.79 Å². The van der Waals surface area contributed by atoms with Crippen molar-refractivity contribution in [1.29, 1.82) is 0 Å². The Morgan fingerprint density at radius 1 is 0.923 bits per heavy atom. The lowest BCUT2D eigenvalue weighted by Crippen LogP contribution is -2.44. The molecule has 1 N–H and O–H groups in total. The molecule has 200 valence electrons. The molecular formula is C33H35N3O3. The molecule has 2 aliphatic heterocycles. The fraction of sp³-hybridized carbons (Fsp3) is 0.333. The number of likely N-dealkylation sites (tertiary alicyclic amines) is 1. The molecule has 0 saturated carbocycles. The van der Waals surface area contributed by atoms with Crippen LogP contribution in [0.15, 0.2) is 85.1 Å². The maximum Gasteiger partial charge on any atom is 0.253 e. The van der Waals surface area contributed by atoms with Crippen molar-refractivity contribution in [3.63, 3.8) is 0 Å². The number of carbonyl (C=O) groups is 1. The van der Waals surface area contributed by atoms with Crippen molar-refractivity contribution < 1.29 is 14.3 Å². The summed E-state index contributed by atoms with van der Waals surface area (Å²) in [5.41, 5.74) is 5.68. The molecule has 0 bridgehead atoms. The molecular weight excluding hydrogens is 486 g/mol. The number of benzene rings is 3. The zero-order valence-corrected chi connectivity index (χ0v) is 22.4. The molecule has 1 amide bonds. The van der Waals surface area contributed by atoms with E-state index in [4.69, 9.17) is 14.5 Å². The number of carbonyl (C=O) groups excluding carboxylic acids is 1. The van der Waals surface area contributed by atoms with Gasteiger partial charge in [0.2, 0.25) is 0 Å². The maximum atomic E-state index is 14.1. The Labute approximate surface area is 230 Å². The molecule has 1 atom stereocenters. The first-order chi connectivity index (χ1) is 19.2. The van der Waals surface area contributed by atoms with E-state index in [1.165, 1.54) is 5.56 Å². The highest BCUT2D eigenvalue weighted by Crippen LogP contribution is 2.35. The standard InChI is InChI=1S/C33H35N3O3/c1-2-29(24-10-4-3-5-11-24)35-32(37)31-27-14-8-9-15-30(27)34-22-28(31)26-13-7-6-12-25(26)23-36-18-16-33(17-19-36)38-20-21-39-33/h3-15,22,29H,2,16-21,23H2,1H3,(H,35,37)/t29-/m0/s1. The molecule has 3 heterocycles. The number of nitrogens with zero attached hydrogens (tertiary/aromatic N) is 2. The third-order valence-electron chi connectivity index (χ3n) is 8.05. The molecule has 1 aromatic heterocycles. The molecule has 39 heavy (non-hydrogen) atoms. The summed E-state index contributed by atoms with van der Waals surface area (Å²) < 4.78 is 11.9. The average molecular weight is 522 g/mol. The molecule has 0 unspecified atom stereocenters. The van der Waals surface area contributed by atoms with E-state index in [1.807, 2.05) is 54.7 Å². The van der Waals surface area contributed by atoms with E-state index in [2.05, 4.69) is 47.5 Å². The van der Waals surface area contributed by atoms with E-state index in [0.29, 0.717) is 18.8 Å². The molecule has 2 fully saturated rings. The van der Waals surface area contributed by atoms with Crippen LogP contribution in [0.3, 0.4) is 0 Å². The zero-order chi connectivity index (χ0) is 26.7. The molecule has 3 aromatic carbocycles. The Morgan fingerprint density at radius 3 is 2.38 bits per heavy atom. The topological polar surface area (TPSA) is 63.7 Å². The van der Waals surface area contributed by atoms with Crippen molar-refractivity contribution in [1.82, 2.24) is 15.2 Å². The van der Waals surface area contributed by atoms with Gasteiger partial charge < -0.3 is 14.8 Å². The van der Waals surface area contributed by atoms with Gasteiger partial charge in [-0.15, -0.1) is 0 Å². The lowest BCUT2D eigenvalue weighted by molar-refractivity contribution is -0.185. The summed E-state index contributed by atoms with van der Waals surface area (Å²) in [4.78, 5) is 21.3. The van der Waals surface area contributed by atoms with Crippen LogP contribution in [0.2, 0.25) is 0 Å².